The Kier molecular flexibility index (Phi) is 4.58. The zero-order valence-electron chi connectivity index (χ0n) is 12.1. The molecule has 5 heteroatoms. The molecule has 1 aliphatic rings. The lowest BCUT2D eigenvalue weighted by atomic mass is 9.90. The predicted octanol–water partition coefficient (Wildman–Crippen LogP) is 0.995. The highest BCUT2D eigenvalue weighted by molar-refractivity contribution is 5.36. The van der Waals surface area contributed by atoms with Gasteiger partial charge in [-0.1, -0.05) is 6.92 Å². The number of hydrogen-bond acceptors (Lipinski definition) is 4. The fraction of sp³-hybridized carbons (Fsp3) is 0.714. The molecule has 0 radical (unpaired) electrons. The van der Waals surface area contributed by atoms with Gasteiger partial charge in [0.1, 0.15) is 0 Å². The van der Waals surface area contributed by atoms with Crippen LogP contribution < -0.4 is 15.8 Å². The van der Waals surface area contributed by atoms with Crippen molar-refractivity contribution in [3.63, 3.8) is 0 Å². The SMILES string of the molecule is CCNC(C)C1CCN(c2nccn(C)c2=O)CC1. The second-order valence-electron chi connectivity index (χ2n) is 5.34. The number of nitrogens with one attached hydrogen (secondary N) is 1. The Morgan fingerprint density at radius 1 is 1.47 bits per heavy atom. The van der Waals surface area contributed by atoms with E-state index in [1.54, 1.807) is 24.0 Å². The number of hydrogen-bond donors (Lipinski definition) is 1. The summed E-state index contributed by atoms with van der Waals surface area (Å²) in [5, 5.41) is 3.49. The van der Waals surface area contributed by atoms with Gasteiger partial charge >= 0.3 is 0 Å². The predicted molar refractivity (Wildman–Crippen MR) is 77.6 cm³/mol. The molecular weight excluding hydrogens is 240 g/mol. The molecule has 106 valence electrons. The highest BCUT2D eigenvalue weighted by atomic mass is 16.1. The number of aryl methyl sites for hydroxylation is 1. The Hall–Kier alpha value is -1.36. The lowest BCUT2D eigenvalue weighted by Gasteiger charge is -2.35. The van der Waals surface area contributed by atoms with E-state index in [1.165, 1.54) is 0 Å². The summed E-state index contributed by atoms with van der Waals surface area (Å²) >= 11 is 0. The second kappa shape index (κ2) is 6.19. The summed E-state index contributed by atoms with van der Waals surface area (Å²) in [6.45, 7) is 7.26. The van der Waals surface area contributed by atoms with Crippen LogP contribution in [0.25, 0.3) is 0 Å². The molecule has 0 amide bonds. The number of anilines is 1. The van der Waals surface area contributed by atoms with E-state index in [9.17, 15) is 4.79 Å². The van der Waals surface area contributed by atoms with Crippen molar-refractivity contribution in [3.05, 3.63) is 22.7 Å². The van der Waals surface area contributed by atoms with Crippen LogP contribution in [0.5, 0.6) is 0 Å². The Morgan fingerprint density at radius 3 is 2.79 bits per heavy atom. The van der Waals surface area contributed by atoms with Gasteiger partial charge in [0.25, 0.3) is 5.56 Å². The standard InChI is InChI=1S/C14H24N4O/c1-4-15-11(2)12-5-8-18(9-6-12)13-14(19)17(3)10-7-16-13/h7,10-12,15H,4-6,8-9H2,1-3H3. The molecule has 0 saturated carbocycles. The lowest BCUT2D eigenvalue weighted by molar-refractivity contribution is 0.314. The Balaban J connectivity index is 2.00. The van der Waals surface area contributed by atoms with E-state index in [-0.39, 0.29) is 5.56 Å². The molecule has 0 aromatic carbocycles. The van der Waals surface area contributed by atoms with E-state index in [0.717, 1.165) is 32.5 Å². The van der Waals surface area contributed by atoms with Crippen LogP contribution >= 0.6 is 0 Å². The molecule has 0 bridgehead atoms. The maximum Gasteiger partial charge on any atom is 0.293 e. The molecule has 1 saturated heterocycles. The van der Waals surface area contributed by atoms with Gasteiger partial charge in [-0.2, -0.15) is 0 Å². The first-order valence-electron chi connectivity index (χ1n) is 7.13. The summed E-state index contributed by atoms with van der Waals surface area (Å²) in [4.78, 5) is 18.4. The van der Waals surface area contributed by atoms with Crippen molar-refractivity contribution in [3.8, 4) is 0 Å². The molecule has 1 unspecified atom stereocenters. The molecule has 1 aromatic heterocycles. The maximum atomic E-state index is 12.0. The van der Waals surface area contributed by atoms with Crippen LogP contribution in [0.1, 0.15) is 26.7 Å². The Labute approximate surface area is 114 Å². The van der Waals surface area contributed by atoms with Crippen LogP contribution in [0, 0.1) is 5.92 Å². The largest absolute Gasteiger partial charge is 0.352 e. The summed E-state index contributed by atoms with van der Waals surface area (Å²) in [6.07, 6.45) is 5.64. The van der Waals surface area contributed by atoms with Gasteiger partial charge in [-0.3, -0.25) is 4.79 Å². The van der Waals surface area contributed by atoms with Crippen molar-refractivity contribution in [2.24, 2.45) is 13.0 Å². The van der Waals surface area contributed by atoms with Crippen LogP contribution in [-0.4, -0.2) is 35.2 Å². The van der Waals surface area contributed by atoms with E-state index in [2.05, 4.69) is 29.0 Å². The summed E-state index contributed by atoms with van der Waals surface area (Å²) in [5.74, 6) is 1.29. The monoisotopic (exact) mass is 264 g/mol. The van der Waals surface area contributed by atoms with Crippen molar-refractivity contribution < 1.29 is 0 Å². The summed E-state index contributed by atoms with van der Waals surface area (Å²) in [6, 6.07) is 0.554. The van der Waals surface area contributed by atoms with Gasteiger partial charge in [0.15, 0.2) is 5.82 Å². The third kappa shape index (κ3) is 3.15. The summed E-state index contributed by atoms with van der Waals surface area (Å²) < 4.78 is 1.59. The first kappa shape index (κ1) is 14.1. The van der Waals surface area contributed by atoms with E-state index >= 15 is 0 Å². The van der Waals surface area contributed by atoms with E-state index in [0.29, 0.717) is 17.8 Å². The molecule has 0 aliphatic carbocycles. The Bertz CT molecular complexity index is 463. The summed E-state index contributed by atoms with van der Waals surface area (Å²) in [7, 11) is 1.77. The van der Waals surface area contributed by atoms with E-state index in [1.807, 2.05) is 0 Å². The maximum absolute atomic E-state index is 12.0. The molecular formula is C14H24N4O. The molecule has 0 spiro atoms. The number of piperidine rings is 1. The number of aromatic nitrogens is 2. The van der Waals surface area contributed by atoms with Gasteiger partial charge in [0, 0.05) is 38.6 Å². The van der Waals surface area contributed by atoms with Crippen LogP contribution in [0.4, 0.5) is 5.82 Å². The molecule has 1 atom stereocenters. The smallest absolute Gasteiger partial charge is 0.293 e. The van der Waals surface area contributed by atoms with E-state index < -0.39 is 0 Å². The van der Waals surface area contributed by atoms with Crippen LogP contribution in [0.15, 0.2) is 17.2 Å². The third-order valence-electron chi connectivity index (χ3n) is 4.07. The number of nitrogens with zero attached hydrogens (tertiary/aromatic N) is 3. The molecule has 1 aliphatic heterocycles. The molecule has 1 N–H and O–H groups in total. The van der Waals surface area contributed by atoms with Crippen molar-refractivity contribution in [2.45, 2.75) is 32.7 Å². The zero-order chi connectivity index (χ0) is 13.8. The minimum Gasteiger partial charge on any atom is -0.352 e. The molecule has 2 rings (SSSR count). The average Bonchev–Trinajstić information content (AvgIpc) is 2.42. The molecule has 5 nitrogen and oxygen atoms in total. The first-order valence-corrected chi connectivity index (χ1v) is 7.13. The van der Waals surface area contributed by atoms with Crippen molar-refractivity contribution in [1.82, 2.24) is 14.9 Å². The van der Waals surface area contributed by atoms with Gasteiger partial charge in [-0.15, -0.1) is 0 Å². The van der Waals surface area contributed by atoms with Crippen molar-refractivity contribution >= 4 is 5.82 Å². The highest BCUT2D eigenvalue weighted by Crippen LogP contribution is 2.22. The molecule has 2 heterocycles. The molecule has 19 heavy (non-hydrogen) atoms. The van der Waals surface area contributed by atoms with Gasteiger partial charge < -0.3 is 14.8 Å². The normalized spacial score (nSPS) is 18.6. The zero-order valence-corrected chi connectivity index (χ0v) is 12.1. The lowest BCUT2D eigenvalue weighted by Crippen LogP contribution is -2.44. The number of rotatable bonds is 4. The second-order valence-corrected chi connectivity index (χ2v) is 5.34. The minimum absolute atomic E-state index is 0.000631. The quantitative estimate of drug-likeness (QED) is 0.881. The highest BCUT2D eigenvalue weighted by Gasteiger charge is 2.25. The average molecular weight is 264 g/mol. The van der Waals surface area contributed by atoms with E-state index in [4.69, 9.17) is 0 Å². The van der Waals surface area contributed by atoms with Crippen LogP contribution in [-0.2, 0) is 7.05 Å². The van der Waals surface area contributed by atoms with Gasteiger partial charge in [0.05, 0.1) is 0 Å². The fourth-order valence-electron chi connectivity index (χ4n) is 2.80. The Morgan fingerprint density at radius 2 is 2.16 bits per heavy atom. The first-order chi connectivity index (χ1) is 9.13. The molecule has 1 aromatic rings. The molecule has 1 fully saturated rings. The van der Waals surface area contributed by atoms with Crippen LogP contribution in [0.3, 0.4) is 0 Å². The third-order valence-corrected chi connectivity index (χ3v) is 4.07. The minimum atomic E-state index is 0.000631. The van der Waals surface area contributed by atoms with Gasteiger partial charge in [-0.25, -0.2) is 4.98 Å². The van der Waals surface area contributed by atoms with Gasteiger partial charge in [-0.05, 0) is 32.2 Å². The van der Waals surface area contributed by atoms with Crippen LogP contribution in [0.2, 0.25) is 0 Å². The van der Waals surface area contributed by atoms with Crippen molar-refractivity contribution in [1.29, 1.82) is 0 Å². The summed E-state index contributed by atoms with van der Waals surface area (Å²) in [5.41, 5.74) is 0.000631. The van der Waals surface area contributed by atoms with Crippen molar-refractivity contribution in [2.75, 3.05) is 24.5 Å². The van der Waals surface area contributed by atoms with Gasteiger partial charge in [0.2, 0.25) is 0 Å². The fourth-order valence-corrected chi connectivity index (χ4v) is 2.80. The topological polar surface area (TPSA) is 50.2 Å².